The maximum Gasteiger partial charge on any atom is 0.348 e. The molecular weight excluding hydrogens is 354 g/mol. The fourth-order valence-corrected chi connectivity index (χ4v) is 4.30. The smallest absolute Gasteiger partial charge is 0.348 e. The standard InChI is InChI=1S/C18H13N3O4S/c22-17(23)15-14-13-12(4-5-19-16(13)26-15)21(18(24)20-14)11-3-1-2-9(6-11)10-7-25-8-10/h1-6,10H,7-8H2,(H,20,24)(H,22,23). The minimum absolute atomic E-state index is 0.0910. The van der Waals surface area contributed by atoms with E-state index in [2.05, 4.69) is 10.3 Å². The monoisotopic (exact) mass is 367 g/mol. The van der Waals surface area contributed by atoms with Gasteiger partial charge >= 0.3 is 12.0 Å². The molecular formula is C18H13N3O4S. The van der Waals surface area contributed by atoms with Crippen molar-refractivity contribution in [2.75, 3.05) is 23.4 Å². The van der Waals surface area contributed by atoms with Crippen LogP contribution in [0.4, 0.5) is 21.9 Å². The lowest BCUT2D eigenvalue weighted by Crippen LogP contribution is -2.34. The van der Waals surface area contributed by atoms with Crippen molar-refractivity contribution in [2.45, 2.75) is 5.92 Å². The van der Waals surface area contributed by atoms with Gasteiger partial charge in [0.2, 0.25) is 0 Å². The van der Waals surface area contributed by atoms with Gasteiger partial charge in [0, 0.05) is 12.1 Å². The van der Waals surface area contributed by atoms with Crippen LogP contribution in [0.1, 0.15) is 21.2 Å². The Hall–Kier alpha value is -2.97. The summed E-state index contributed by atoms with van der Waals surface area (Å²) in [5, 5.41) is 12.8. The highest BCUT2D eigenvalue weighted by Gasteiger charge is 2.33. The summed E-state index contributed by atoms with van der Waals surface area (Å²) >= 11 is 1.06. The maximum atomic E-state index is 12.8. The van der Waals surface area contributed by atoms with E-state index in [0.717, 1.165) is 22.6 Å². The zero-order chi connectivity index (χ0) is 17.8. The van der Waals surface area contributed by atoms with Crippen LogP contribution < -0.4 is 10.2 Å². The number of urea groups is 1. The van der Waals surface area contributed by atoms with Crippen LogP contribution in [-0.4, -0.2) is 35.3 Å². The van der Waals surface area contributed by atoms with Gasteiger partial charge in [0.15, 0.2) is 0 Å². The van der Waals surface area contributed by atoms with Crippen LogP contribution in [0.5, 0.6) is 0 Å². The molecule has 5 rings (SSSR count). The minimum atomic E-state index is -1.07. The van der Waals surface area contributed by atoms with Gasteiger partial charge in [-0.1, -0.05) is 12.1 Å². The fourth-order valence-electron chi connectivity index (χ4n) is 3.34. The van der Waals surface area contributed by atoms with Crippen molar-refractivity contribution in [1.82, 2.24) is 4.98 Å². The number of benzene rings is 1. The van der Waals surface area contributed by atoms with E-state index >= 15 is 0 Å². The van der Waals surface area contributed by atoms with Gasteiger partial charge in [-0.2, -0.15) is 0 Å². The molecule has 2 aliphatic heterocycles. The van der Waals surface area contributed by atoms with E-state index in [1.165, 1.54) is 0 Å². The number of carboxylic acid groups (broad SMARTS) is 1. The van der Waals surface area contributed by atoms with Gasteiger partial charge in [-0.15, -0.1) is 11.3 Å². The number of pyridine rings is 1. The molecule has 7 nitrogen and oxygen atoms in total. The van der Waals surface area contributed by atoms with Gasteiger partial charge in [0.1, 0.15) is 9.71 Å². The van der Waals surface area contributed by atoms with Crippen molar-refractivity contribution in [1.29, 1.82) is 0 Å². The second-order valence-electron chi connectivity index (χ2n) is 6.22. The Kier molecular flexibility index (Phi) is 3.25. The normalized spacial score (nSPS) is 16.5. The van der Waals surface area contributed by atoms with Crippen molar-refractivity contribution >= 4 is 50.6 Å². The van der Waals surface area contributed by atoms with Crippen molar-refractivity contribution in [3.63, 3.8) is 0 Å². The Morgan fingerprint density at radius 3 is 2.92 bits per heavy atom. The van der Waals surface area contributed by atoms with E-state index in [-0.39, 0.29) is 10.9 Å². The molecule has 0 atom stereocenters. The average Bonchev–Trinajstić information content (AvgIpc) is 2.94. The summed E-state index contributed by atoms with van der Waals surface area (Å²) in [5.74, 6) is -0.731. The van der Waals surface area contributed by atoms with E-state index in [0.29, 0.717) is 40.7 Å². The third kappa shape index (κ3) is 2.12. The molecule has 2 N–H and O–H groups in total. The van der Waals surface area contributed by atoms with Crippen molar-refractivity contribution in [3.8, 4) is 0 Å². The second kappa shape index (κ2) is 5.52. The number of hydrogen-bond acceptors (Lipinski definition) is 5. The molecule has 1 fully saturated rings. The van der Waals surface area contributed by atoms with Crippen LogP contribution in [0.25, 0.3) is 10.2 Å². The fraction of sp³-hybridized carbons (Fsp3) is 0.167. The molecule has 3 aromatic rings. The molecule has 2 aromatic heterocycles. The number of hydrogen-bond donors (Lipinski definition) is 2. The van der Waals surface area contributed by atoms with E-state index in [4.69, 9.17) is 4.74 Å². The molecule has 2 amide bonds. The number of nitrogens with zero attached hydrogens (tertiary/aromatic N) is 2. The molecule has 0 aliphatic carbocycles. The van der Waals surface area contributed by atoms with Gasteiger partial charge in [-0.25, -0.2) is 14.6 Å². The van der Waals surface area contributed by atoms with Gasteiger partial charge in [-0.05, 0) is 23.8 Å². The number of carboxylic acids is 1. The quantitative estimate of drug-likeness (QED) is 0.735. The summed E-state index contributed by atoms with van der Waals surface area (Å²) in [6, 6.07) is 9.15. The van der Waals surface area contributed by atoms with E-state index in [1.807, 2.05) is 24.3 Å². The predicted octanol–water partition coefficient (Wildman–Crippen LogP) is 3.79. The van der Waals surface area contributed by atoms with Gasteiger partial charge in [0.05, 0.1) is 35.7 Å². The first-order valence-electron chi connectivity index (χ1n) is 8.07. The molecule has 1 saturated heterocycles. The largest absolute Gasteiger partial charge is 0.477 e. The lowest BCUT2D eigenvalue weighted by molar-refractivity contribution is 0.00844. The molecule has 8 heteroatoms. The van der Waals surface area contributed by atoms with Crippen molar-refractivity contribution in [2.24, 2.45) is 0 Å². The first-order chi connectivity index (χ1) is 12.6. The summed E-state index contributed by atoms with van der Waals surface area (Å²) in [4.78, 5) is 30.8. The molecule has 0 radical (unpaired) electrons. The lowest BCUT2D eigenvalue weighted by Gasteiger charge is -2.30. The Bertz CT molecular complexity index is 1070. The SMILES string of the molecule is O=C(O)c1sc2nccc3c2c1NC(=O)N3c1cccc(C2COC2)c1. The third-order valence-electron chi connectivity index (χ3n) is 4.68. The number of carbonyl (C=O) groups is 2. The summed E-state index contributed by atoms with van der Waals surface area (Å²) in [5.41, 5.74) is 2.81. The molecule has 1 aromatic carbocycles. The zero-order valence-electron chi connectivity index (χ0n) is 13.4. The number of amides is 2. The van der Waals surface area contributed by atoms with Crippen LogP contribution in [0.15, 0.2) is 36.5 Å². The molecule has 130 valence electrons. The average molecular weight is 367 g/mol. The number of aromatic carboxylic acids is 1. The highest BCUT2D eigenvalue weighted by atomic mass is 32.1. The second-order valence-corrected chi connectivity index (χ2v) is 7.22. The predicted molar refractivity (Wildman–Crippen MR) is 97.7 cm³/mol. The first-order valence-corrected chi connectivity index (χ1v) is 8.89. The van der Waals surface area contributed by atoms with E-state index in [1.54, 1.807) is 17.2 Å². The van der Waals surface area contributed by atoms with Crippen LogP contribution in [-0.2, 0) is 4.74 Å². The maximum absolute atomic E-state index is 12.8. The number of carbonyl (C=O) groups excluding carboxylic acids is 1. The molecule has 4 heterocycles. The molecule has 0 bridgehead atoms. The molecule has 2 aliphatic rings. The summed E-state index contributed by atoms with van der Waals surface area (Å²) in [6.45, 7) is 1.37. The number of thiophene rings is 1. The Labute approximate surface area is 151 Å². The molecule has 0 spiro atoms. The number of aromatic nitrogens is 1. The number of ether oxygens (including phenoxy) is 1. The van der Waals surface area contributed by atoms with Crippen LogP contribution in [0.3, 0.4) is 0 Å². The van der Waals surface area contributed by atoms with Gasteiger partial charge in [-0.3, -0.25) is 4.90 Å². The van der Waals surface area contributed by atoms with Crippen molar-refractivity contribution in [3.05, 3.63) is 47.0 Å². The Morgan fingerprint density at radius 2 is 2.19 bits per heavy atom. The summed E-state index contributed by atoms with van der Waals surface area (Å²) in [6.07, 6.45) is 1.60. The summed E-state index contributed by atoms with van der Waals surface area (Å²) in [7, 11) is 0. The summed E-state index contributed by atoms with van der Waals surface area (Å²) < 4.78 is 5.26. The van der Waals surface area contributed by atoms with Gasteiger partial charge in [0.25, 0.3) is 0 Å². The molecule has 0 saturated carbocycles. The number of rotatable bonds is 3. The topological polar surface area (TPSA) is 91.8 Å². The molecule has 26 heavy (non-hydrogen) atoms. The lowest BCUT2D eigenvalue weighted by atomic mass is 9.97. The van der Waals surface area contributed by atoms with Crippen LogP contribution in [0.2, 0.25) is 0 Å². The van der Waals surface area contributed by atoms with Gasteiger partial charge < -0.3 is 15.2 Å². The highest BCUT2D eigenvalue weighted by Crippen LogP contribution is 2.45. The van der Waals surface area contributed by atoms with Crippen LogP contribution in [0, 0.1) is 0 Å². The zero-order valence-corrected chi connectivity index (χ0v) is 14.2. The van der Waals surface area contributed by atoms with Crippen molar-refractivity contribution < 1.29 is 19.4 Å². The Balaban J connectivity index is 1.69. The minimum Gasteiger partial charge on any atom is -0.477 e. The first kappa shape index (κ1) is 15.3. The number of anilines is 3. The van der Waals surface area contributed by atoms with Crippen LogP contribution >= 0.6 is 11.3 Å². The highest BCUT2D eigenvalue weighted by molar-refractivity contribution is 7.21. The van der Waals surface area contributed by atoms with E-state index in [9.17, 15) is 14.7 Å². The molecule has 0 unspecified atom stereocenters. The third-order valence-corrected chi connectivity index (χ3v) is 5.76. The van der Waals surface area contributed by atoms with E-state index < -0.39 is 5.97 Å². The number of nitrogens with one attached hydrogen (secondary N) is 1. The Morgan fingerprint density at radius 1 is 1.35 bits per heavy atom.